The summed E-state index contributed by atoms with van der Waals surface area (Å²) < 4.78 is 9.88. The summed E-state index contributed by atoms with van der Waals surface area (Å²) in [5.74, 6) is -0.437. The van der Waals surface area contributed by atoms with E-state index in [0.29, 0.717) is 13.0 Å². The molecule has 0 radical (unpaired) electrons. The molecule has 7 nitrogen and oxygen atoms in total. The smallest absolute Gasteiger partial charge is 0.412 e. The first-order valence-electron chi connectivity index (χ1n) is 8.03. The Hall–Kier alpha value is -2.93. The number of benzene rings is 1. The molecule has 0 bridgehead atoms. The number of likely N-dealkylation sites (N-methyl/N-ethyl adjacent to an activating group) is 1. The minimum atomic E-state index is -0.543. The number of carbonyl (C=O) groups is 2. The van der Waals surface area contributed by atoms with E-state index in [1.54, 1.807) is 13.2 Å². The van der Waals surface area contributed by atoms with Gasteiger partial charge in [0.1, 0.15) is 0 Å². The van der Waals surface area contributed by atoms with E-state index in [9.17, 15) is 9.59 Å². The number of hydrogen-bond acceptors (Lipinski definition) is 5. The molecule has 1 aromatic heterocycles. The zero-order valence-electron chi connectivity index (χ0n) is 15.0. The van der Waals surface area contributed by atoms with Gasteiger partial charge >= 0.3 is 12.1 Å². The molecule has 7 heteroatoms. The van der Waals surface area contributed by atoms with Gasteiger partial charge in [0, 0.05) is 31.9 Å². The fraction of sp³-hybridized carbons (Fsp3) is 0.316. The molecule has 0 aliphatic carbocycles. The van der Waals surface area contributed by atoms with Gasteiger partial charge in [-0.25, -0.2) is 4.79 Å². The number of carbonyl (C=O) groups excluding carboxylic acids is 2. The predicted octanol–water partition coefficient (Wildman–Crippen LogP) is 1.92. The average molecular weight is 360 g/mol. The Morgan fingerprint density at radius 3 is 2.46 bits per heavy atom. The Morgan fingerprint density at radius 2 is 1.81 bits per heavy atom. The number of amides is 1. The van der Waals surface area contributed by atoms with Gasteiger partial charge in [-0.3, -0.25) is 9.78 Å². The number of rotatable bonds is 7. The van der Waals surface area contributed by atoms with Crippen LogP contribution in [0.4, 0.5) is 4.79 Å². The van der Waals surface area contributed by atoms with Gasteiger partial charge < -0.3 is 19.8 Å². The van der Waals surface area contributed by atoms with Crippen LogP contribution in [0.25, 0.3) is 0 Å². The molecule has 1 heterocycles. The summed E-state index contributed by atoms with van der Waals surface area (Å²) in [4.78, 5) is 29.2. The zero-order valence-corrected chi connectivity index (χ0v) is 15.0. The molecule has 2 N–H and O–H groups in total. The van der Waals surface area contributed by atoms with Gasteiger partial charge in [-0.15, -0.1) is 0 Å². The molecule has 2 aromatic rings. The number of hydrogen-bond donors (Lipinski definition) is 0. The second-order valence-electron chi connectivity index (χ2n) is 5.70. The Bertz CT molecular complexity index is 689. The highest BCUT2D eigenvalue weighted by Crippen LogP contribution is 2.05. The first kappa shape index (κ1) is 21.1. The summed E-state index contributed by atoms with van der Waals surface area (Å²) in [5, 5.41) is 0. The Labute approximate surface area is 152 Å². The van der Waals surface area contributed by atoms with E-state index in [0.717, 1.165) is 16.8 Å². The number of ether oxygens (including phenoxy) is 2. The van der Waals surface area contributed by atoms with Gasteiger partial charge in [0.25, 0.3) is 0 Å². The maximum atomic E-state index is 11.8. The van der Waals surface area contributed by atoms with Crippen molar-refractivity contribution in [3.8, 4) is 0 Å². The molecule has 0 saturated carbocycles. The van der Waals surface area contributed by atoms with E-state index in [4.69, 9.17) is 9.47 Å². The molecule has 0 aliphatic heterocycles. The zero-order chi connectivity index (χ0) is 18.1. The fourth-order valence-corrected chi connectivity index (χ4v) is 2.10. The van der Waals surface area contributed by atoms with E-state index in [1.165, 1.54) is 4.90 Å². The highest BCUT2D eigenvalue weighted by Gasteiger charge is 2.12. The van der Waals surface area contributed by atoms with E-state index in [1.807, 2.05) is 49.4 Å². The van der Waals surface area contributed by atoms with Crippen LogP contribution in [0.2, 0.25) is 0 Å². The van der Waals surface area contributed by atoms with Crippen molar-refractivity contribution >= 4 is 12.1 Å². The maximum Gasteiger partial charge on any atom is 0.412 e. The second-order valence-corrected chi connectivity index (χ2v) is 5.70. The number of aromatic nitrogens is 1. The van der Waals surface area contributed by atoms with Gasteiger partial charge in [-0.1, -0.05) is 35.9 Å². The standard InChI is InChI=1S/C19H22N2O4.H2O/c1-15-6-8-16(9-7-15)13-18(22)24-14-25-19(23)21(2)12-10-17-5-3-4-11-20-17;/h3-9,11H,10,12-14H2,1-2H3;1H2. The lowest BCUT2D eigenvalue weighted by molar-refractivity contribution is -0.151. The van der Waals surface area contributed by atoms with E-state index >= 15 is 0 Å². The normalized spacial score (nSPS) is 9.77. The largest absolute Gasteiger partial charge is 0.428 e. The lowest BCUT2D eigenvalue weighted by Crippen LogP contribution is -2.30. The van der Waals surface area contributed by atoms with Gasteiger partial charge in [0.2, 0.25) is 6.79 Å². The molecule has 0 unspecified atom stereocenters. The molecule has 0 atom stereocenters. The van der Waals surface area contributed by atoms with Crippen LogP contribution < -0.4 is 0 Å². The van der Waals surface area contributed by atoms with Crippen LogP contribution in [-0.2, 0) is 27.1 Å². The number of nitrogens with zero attached hydrogens (tertiary/aromatic N) is 2. The molecule has 0 spiro atoms. The van der Waals surface area contributed by atoms with Crippen molar-refractivity contribution in [3.05, 3.63) is 65.5 Å². The first-order chi connectivity index (χ1) is 12.0. The minimum Gasteiger partial charge on any atom is -0.428 e. The lowest BCUT2D eigenvalue weighted by atomic mass is 10.1. The quantitative estimate of drug-likeness (QED) is 0.555. The number of pyridine rings is 1. The third kappa shape index (κ3) is 7.31. The third-order valence-corrected chi connectivity index (χ3v) is 3.61. The van der Waals surface area contributed by atoms with Crippen LogP contribution in [0.5, 0.6) is 0 Å². The summed E-state index contributed by atoms with van der Waals surface area (Å²) in [6.07, 6.45) is 1.94. The number of esters is 1. The summed E-state index contributed by atoms with van der Waals surface area (Å²) >= 11 is 0. The van der Waals surface area contributed by atoms with Crippen LogP contribution >= 0.6 is 0 Å². The molecule has 0 fully saturated rings. The van der Waals surface area contributed by atoms with Crippen molar-refractivity contribution < 1.29 is 24.5 Å². The van der Waals surface area contributed by atoms with Gasteiger partial charge in [-0.2, -0.15) is 0 Å². The van der Waals surface area contributed by atoms with E-state index in [2.05, 4.69) is 4.98 Å². The van der Waals surface area contributed by atoms with Crippen molar-refractivity contribution in [1.29, 1.82) is 0 Å². The average Bonchev–Trinajstić information content (AvgIpc) is 2.62. The molecule has 1 amide bonds. The van der Waals surface area contributed by atoms with Crippen molar-refractivity contribution in [2.45, 2.75) is 19.8 Å². The summed E-state index contributed by atoms with van der Waals surface area (Å²) in [5.41, 5.74) is 2.88. The van der Waals surface area contributed by atoms with Crippen molar-refractivity contribution in [2.24, 2.45) is 0 Å². The van der Waals surface area contributed by atoms with E-state index < -0.39 is 18.9 Å². The maximum absolute atomic E-state index is 11.8. The monoisotopic (exact) mass is 360 g/mol. The third-order valence-electron chi connectivity index (χ3n) is 3.61. The van der Waals surface area contributed by atoms with Crippen LogP contribution in [0.15, 0.2) is 48.7 Å². The highest BCUT2D eigenvalue weighted by molar-refractivity contribution is 5.73. The highest BCUT2D eigenvalue weighted by atomic mass is 16.7. The predicted molar refractivity (Wildman–Crippen MR) is 96.5 cm³/mol. The molecule has 0 saturated heterocycles. The van der Waals surface area contributed by atoms with Crippen molar-refractivity contribution in [1.82, 2.24) is 9.88 Å². The molecule has 26 heavy (non-hydrogen) atoms. The topological polar surface area (TPSA) is 100 Å². The summed E-state index contributed by atoms with van der Waals surface area (Å²) in [6, 6.07) is 13.2. The summed E-state index contributed by atoms with van der Waals surface area (Å²) in [6.45, 7) is 2.05. The second kappa shape index (κ2) is 10.8. The van der Waals surface area contributed by atoms with Crippen molar-refractivity contribution in [2.75, 3.05) is 20.4 Å². The SMILES string of the molecule is Cc1ccc(CC(=O)OCOC(=O)N(C)CCc2ccccn2)cc1.O. The Kier molecular flexibility index (Phi) is 8.80. The van der Waals surface area contributed by atoms with Gasteiger partial charge in [0.15, 0.2) is 0 Å². The Morgan fingerprint density at radius 1 is 1.08 bits per heavy atom. The van der Waals surface area contributed by atoms with Gasteiger partial charge in [0.05, 0.1) is 6.42 Å². The van der Waals surface area contributed by atoms with Gasteiger partial charge in [-0.05, 0) is 24.6 Å². The van der Waals surface area contributed by atoms with Crippen LogP contribution in [0, 0.1) is 6.92 Å². The molecule has 0 aliphatic rings. The molecule has 140 valence electrons. The molecular weight excluding hydrogens is 336 g/mol. The lowest BCUT2D eigenvalue weighted by Gasteiger charge is -2.16. The molecule has 1 aromatic carbocycles. The summed E-state index contributed by atoms with van der Waals surface area (Å²) in [7, 11) is 1.62. The molecular formula is C19H24N2O5. The van der Waals surface area contributed by atoms with Crippen molar-refractivity contribution in [3.63, 3.8) is 0 Å². The van der Waals surface area contributed by atoms with Crippen LogP contribution in [0.1, 0.15) is 16.8 Å². The number of aryl methyl sites for hydroxylation is 1. The Balaban J connectivity index is 0.00000338. The van der Waals surface area contributed by atoms with Crippen LogP contribution in [-0.4, -0.2) is 47.8 Å². The minimum absolute atomic E-state index is 0. The molecule has 2 rings (SSSR count). The first-order valence-corrected chi connectivity index (χ1v) is 8.03. The fourth-order valence-electron chi connectivity index (χ4n) is 2.10. The van der Waals surface area contributed by atoms with Crippen LogP contribution in [0.3, 0.4) is 0 Å². The van der Waals surface area contributed by atoms with E-state index in [-0.39, 0.29) is 11.9 Å².